The number of anilines is 1. The number of hydrogen-bond donors (Lipinski definition) is 2. The summed E-state index contributed by atoms with van der Waals surface area (Å²) < 4.78 is 5.46. The average molecular weight is 347 g/mol. The molecule has 2 N–H and O–H groups in total. The summed E-state index contributed by atoms with van der Waals surface area (Å²) in [6.07, 6.45) is -0.728. The highest BCUT2D eigenvalue weighted by Crippen LogP contribution is 2.32. The van der Waals surface area contributed by atoms with Crippen molar-refractivity contribution in [2.45, 2.75) is 6.10 Å². The van der Waals surface area contributed by atoms with E-state index in [9.17, 15) is 5.11 Å². The van der Waals surface area contributed by atoms with Crippen molar-refractivity contribution in [2.24, 2.45) is 0 Å². The minimum Gasteiger partial charge on any atom is -0.488 e. The van der Waals surface area contributed by atoms with Gasteiger partial charge < -0.3 is 15.2 Å². The second-order valence-corrected chi connectivity index (χ2v) is 5.60. The Hall–Kier alpha value is -1.13. The quantitative estimate of drug-likeness (QED) is 0.809. The summed E-state index contributed by atoms with van der Waals surface area (Å²) in [7, 11) is 0. The molecule has 1 atom stereocenters. The van der Waals surface area contributed by atoms with Crippen molar-refractivity contribution < 1.29 is 9.84 Å². The van der Waals surface area contributed by atoms with Crippen LogP contribution in [0.4, 0.5) is 5.69 Å². The lowest BCUT2D eigenvalue weighted by molar-refractivity contribution is 0.117. The van der Waals surface area contributed by atoms with E-state index in [1.54, 1.807) is 24.3 Å². The molecule has 21 heavy (non-hydrogen) atoms. The van der Waals surface area contributed by atoms with E-state index in [2.05, 4.69) is 5.32 Å². The number of aliphatic hydroxyl groups is 1. The van der Waals surface area contributed by atoms with Crippen LogP contribution in [0.3, 0.4) is 0 Å². The molecule has 6 heteroatoms. The van der Waals surface area contributed by atoms with Crippen LogP contribution < -0.4 is 10.1 Å². The van der Waals surface area contributed by atoms with E-state index in [0.29, 0.717) is 27.4 Å². The van der Waals surface area contributed by atoms with Crippen LogP contribution in [0, 0.1) is 0 Å². The molecule has 2 rings (SSSR count). The molecule has 0 spiro atoms. The Morgan fingerprint density at radius 1 is 0.952 bits per heavy atom. The zero-order chi connectivity index (χ0) is 15.2. The van der Waals surface area contributed by atoms with Crippen LogP contribution in [0.2, 0.25) is 15.1 Å². The molecule has 2 aromatic rings. The Labute approximate surface area is 138 Å². The third-order valence-corrected chi connectivity index (χ3v) is 3.67. The smallest absolute Gasteiger partial charge is 0.156 e. The Kier molecular flexibility index (Phi) is 6.00. The molecule has 0 aliphatic heterocycles. The molecule has 0 aliphatic rings. The monoisotopic (exact) mass is 345 g/mol. The lowest BCUT2D eigenvalue weighted by Crippen LogP contribution is -2.26. The summed E-state index contributed by atoms with van der Waals surface area (Å²) in [4.78, 5) is 0. The zero-order valence-corrected chi connectivity index (χ0v) is 13.3. The first kappa shape index (κ1) is 16.2. The highest BCUT2D eigenvalue weighted by Gasteiger charge is 2.11. The molecule has 112 valence electrons. The molecule has 0 fully saturated rings. The van der Waals surface area contributed by atoms with Crippen LogP contribution in [0.1, 0.15) is 0 Å². The largest absolute Gasteiger partial charge is 0.488 e. The topological polar surface area (TPSA) is 41.5 Å². The maximum Gasteiger partial charge on any atom is 0.156 e. The number of para-hydroxylation sites is 2. The molecule has 2 aromatic carbocycles. The second kappa shape index (κ2) is 7.76. The van der Waals surface area contributed by atoms with Crippen molar-refractivity contribution in [2.75, 3.05) is 18.5 Å². The van der Waals surface area contributed by atoms with Gasteiger partial charge in [-0.2, -0.15) is 0 Å². The minimum atomic E-state index is -0.728. The number of nitrogens with one attached hydrogen (secondary N) is 1. The number of halogens is 3. The number of rotatable bonds is 6. The Morgan fingerprint density at radius 3 is 2.24 bits per heavy atom. The van der Waals surface area contributed by atoms with Gasteiger partial charge in [-0.3, -0.25) is 0 Å². The van der Waals surface area contributed by atoms with E-state index < -0.39 is 6.10 Å². The maximum absolute atomic E-state index is 9.93. The maximum atomic E-state index is 9.93. The number of aliphatic hydroxyl groups excluding tert-OH is 1. The first-order valence-corrected chi connectivity index (χ1v) is 7.44. The molecule has 0 amide bonds. The molecule has 0 aromatic heterocycles. The fourth-order valence-electron chi connectivity index (χ4n) is 1.69. The molecule has 0 saturated heterocycles. The van der Waals surface area contributed by atoms with E-state index in [-0.39, 0.29) is 6.61 Å². The van der Waals surface area contributed by atoms with Crippen molar-refractivity contribution in [3.05, 3.63) is 57.5 Å². The van der Waals surface area contributed by atoms with E-state index in [1.807, 2.05) is 18.2 Å². The van der Waals surface area contributed by atoms with E-state index >= 15 is 0 Å². The molecule has 0 aliphatic carbocycles. The van der Waals surface area contributed by atoms with Gasteiger partial charge in [-0.1, -0.05) is 53.0 Å². The highest BCUT2D eigenvalue weighted by molar-refractivity contribution is 6.37. The Morgan fingerprint density at radius 2 is 1.57 bits per heavy atom. The summed E-state index contributed by atoms with van der Waals surface area (Å²) in [5.41, 5.74) is 0.758. The number of benzene rings is 2. The molecule has 0 heterocycles. The van der Waals surface area contributed by atoms with Crippen LogP contribution in [-0.4, -0.2) is 24.4 Å². The predicted octanol–water partition coefficient (Wildman–Crippen LogP) is 4.50. The molecule has 0 bridgehead atoms. The molecular formula is C15H14Cl3NO2. The van der Waals surface area contributed by atoms with Crippen molar-refractivity contribution in [3.63, 3.8) is 0 Å². The molecule has 3 nitrogen and oxygen atoms in total. The van der Waals surface area contributed by atoms with Gasteiger partial charge in [0.2, 0.25) is 0 Å². The summed E-state index contributed by atoms with van der Waals surface area (Å²) in [6, 6.07) is 12.4. The summed E-state index contributed by atoms with van der Waals surface area (Å²) in [6.45, 7) is 0.368. The molecule has 0 radical (unpaired) electrons. The predicted molar refractivity (Wildman–Crippen MR) is 87.9 cm³/mol. The van der Waals surface area contributed by atoms with Gasteiger partial charge in [-0.25, -0.2) is 0 Å². The van der Waals surface area contributed by atoms with Gasteiger partial charge in [0, 0.05) is 6.54 Å². The molecular weight excluding hydrogens is 333 g/mol. The van der Waals surface area contributed by atoms with Gasteiger partial charge in [-0.05, 0) is 24.3 Å². The zero-order valence-electron chi connectivity index (χ0n) is 11.0. The standard InChI is InChI=1S/C15H14Cl3NO2/c16-11-4-1-2-7-14(11)19-8-10(20)9-21-15-12(17)5-3-6-13(15)18/h1-7,10,19-20H,8-9H2. The van der Waals surface area contributed by atoms with E-state index in [0.717, 1.165) is 5.69 Å². The fourth-order valence-corrected chi connectivity index (χ4v) is 2.40. The lowest BCUT2D eigenvalue weighted by Gasteiger charge is -2.16. The van der Waals surface area contributed by atoms with Gasteiger partial charge in [-0.15, -0.1) is 0 Å². The van der Waals surface area contributed by atoms with Crippen LogP contribution in [0.15, 0.2) is 42.5 Å². The summed E-state index contributed by atoms with van der Waals surface area (Å²) in [5.74, 6) is 0.373. The van der Waals surface area contributed by atoms with Gasteiger partial charge in [0.25, 0.3) is 0 Å². The third-order valence-electron chi connectivity index (χ3n) is 2.74. The number of ether oxygens (including phenoxy) is 1. The fraction of sp³-hybridized carbons (Fsp3) is 0.200. The van der Waals surface area contributed by atoms with Crippen LogP contribution in [0.25, 0.3) is 0 Å². The van der Waals surface area contributed by atoms with Crippen molar-refractivity contribution in [1.29, 1.82) is 0 Å². The summed E-state index contributed by atoms with van der Waals surface area (Å²) in [5, 5.41) is 14.4. The van der Waals surface area contributed by atoms with E-state index in [1.165, 1.54) is 0 Å². The Bertz CT molecular complexity index is 587. The third kappa shape index (κ3) is 4.68. The van der Waals surface area contributed by atoms with Crippen molar-refractivity contribution in [3.8, 4) is 5.75 Å². The first-order valence-electron chi connectivity index (χ1n) is 6.31. The highest BCUT2D eigenvalue weighted by atomic mass is 35.5. The van der Waals surface area contributed by atoms with Crippen molar-refractivity contribution in [1.82, 2.24) is 0 Å². The van der Waals surface area contributed by atoms with Gasteiger partial charge in [0.15, 0.2) is 5.75 Å². The van der Waals surface area contributed by atoms with Gasteiger partial charge >= 0.3 is 0 Å². The van der Waals surface area contributed by atoms with Gasteiger partial charge in [0.1, 0.15) is 12.7 Å². The van der Waals surface area contributed by atoms with Gasteiger partial charge in [0.05, 0.1) is 20.8 Å². The average Bonchev–Trinajstić information content (AvgIpc) is 2.46. The van der Waals surface area contributed by atoms with Crippen molar-refractivity contribution >= 4 is 40.5 Å². The van der Waals surface area contributed by atoms with Crippen LogP contribution in [0.5, 0.6) is 5.75 Å². The molecule has 1 unspecified atom stereocenters. The van der Waals surface area contributed by atoms with Crippen LogP contribution >= 0.6 is 34.8 Å². The Balaban J connectivity index is 1.85. The minimum absolute atomic E-state index is 0.0703. The summed E-state index contributed by atoms with van der Waals surface area (Å²) >= 11 is 18.0. The number of hydrogen-bond acceptors (Lipinski definition) is 3. The molecule has 0 saturated carbocycles. The first-order chi connectivity index (χ1) is 10.1. The SMILES string of the molecule is OC(CNc1ccccc1Cl)COc1c(Cl)cccc1Cl. The van der Waals surface area contributed by atoms with E-state index in [4.69, 9.17) is 39.5 Å². The second-order valence-electron chi connectivity index (χ2n) is 4.38. The lowest BCUT2D eigenvalue weighted by atomic mass is 10.3. The normalized spacial score (nSPS) is 12.0. The van der Waals surface area contributed by atoms with Crippen LogP contribution in [-0.2, 0) is 0 Å².